The average molecular weight is 436 g/mol. The van der Waals surface area contributed by atoms with Gasteiger partial charge in [0, 0.05) is 12.1 Å². The van der Waals surface area contributed by atoms with Crippen LogP contribution in [0.4, 0.5) is 5.69 Å². The van der Waals surface area contributed by atoms with Gasteiger partial charge in [-0.05, 0) is 50.5 Å². The van der Waals surface area contributed by atoms with Crippen molar-refractivity contribution >= 4 is 23.3 Å². The van der Waals surface area contributed by atoms with Crippen molar-refractivity contribution in [2.75, 3.05) is 4.90 Å². The number of anilines is 1. The van der Waals surface area contributed by atoms with Gasteiger partial charge in [0.15, 0.2) is 11.5 Å². The average Bonchev–Trinajstić information content (AvgIpc) is 2.98. The minimum absolute atomic E-state index is 0.0687. The van der Waals surface area contributed by atoms with Crippen LogP contribution >= 0.6 is 0 Å². The highest BCUT2D eigenvalue weighted by Gasteiger charge is 2.44. The fourth-order valence-corrected chi connectivity index (χ4v) is 3.86. The first-order chi connectivity index (χ1) is 15.1. The summed E-state index contributed by atoms with van der Waals surface area (Å²) in [4.78, 5) is 40.1. The second-order valence-corrected chi connectivity index (χ2v) is 8.78. The van der Waals surface area contributed by atoms with E-state index in [1.807, 2.05) is 45.0 Å². The molecule has 3 rings (SSSR count). The Morgan fingerprint density at radius 2 is 1.75 bits per heavy atom. The molecule has 0 aliphatic carbocycles. The SMILES string of the molecule is Cc1cccc(C2C(C(=O)CC(C)C)=C(O)C(=O)N2c2cccc(C(=O)OC(C)C)c2)c1. The third kappa shape index (κ3) is 4.74. The van der Waals surface area contributed by atoms with Crippen LogP contribution < -0.4 is 4.90 Å². The Hall–Kier alpha value is -3.41. The highest BCUT2D eigenvalue weighted by Crippen LogP contribution is 2.42. The molecule has 0 aromatic heterocycles. The molecule has 1 atom stereocenters. The van der Waals surface area contributed by atoms with Crippen molar-refractivity contribution in [2.24, 2.45) is 5.92 Å². The minimum atomic E-state index is -0.787. The van der Waals surface area contributed by atoms with E-state index >= 15 is 0 Å². The maximum Gasteiger partial charge on any atom is 0.338 e. The highest BCUT2D eigenvalue weighted by molar-refractivity contribution is 6.16. The van der Waals surface area contributed by atoms with Crippen molar-refractivity contribution in [3.05, 3.63) is 76.6 Å². The number of benzene rings is 2. The number of hydrogen-bond donors (Lipinski definition) is 1. The van der Waals surface area contributed by atoms with Crippen LogP contribution in [0.15, 0.2) is 59.9 Å². The standard InChI is InChI=1S/C26H29NO5/c1-15(2)12-21(28)22-23(18-9-6-8-17(5)13-18)27(25(30)24(22)29)20-11-7-10-19(14-20)26(31)32-16(3)4/h6-11,13-16,23,29H,12H2,1-5H3. The van der Waals surface area contributed by atoms with Gasteiger partial charge in [-0.25, -0.2) is 4.79 Å². The second kappa shape index (κ2) is 9.39. The molecule has 1 aliphatic rings. The molecule has 1 aliphatic heterocycles. The number of hydrogen-bond acceptors (Lipinski definition) is 5. The summed E-state index contributed by atoms with van der Waals surface area (Å²) in [6.07, 6.45) is -0.0746. The van der Waals surface area contributed by atoms with E-state index in [1.54, 1.807) is 38.1 Å². The van der Waals surface area contributed by atoms with Crippen LogP contribution in [-0.2, 0) is 14.3 Å². The zero-order valence-corrected chi connectivity index (χ0v) is 19.1. The van der Waals surface area contributed by atoms with E-state index < -0.39 is 23.7 Å². The van der Waals surface area contributed by atoms with Gasteiger partial charge >= 0.3 is 5.97 Å². The van der Waals surface area contributed by atoms with Gasteiger partial charge < -0.3 is 9.84 Å². The number of esters is 1. The molecule has 0 saturated heterocycles. The van der Waals surface area contributed by atoms with Gasteiger partial charge in [-0.3, -0.25) is 14.5 Å². The zero-order chi connectivity index (χ0) is 23.6. The lowest BCUT2D eigenvalue weighted by Gasteiger charge is -2.27. The molecule has 0 saturated carbocycles. The zero-order valence-electron chi connectivity index (χ0n) is 19.1. The predicted molar refractivity (Wildman–Crippen MR) is 123 cm³/mol. The number of aliphatic hydroxyl groups is 1. The molecule has 2 aromatic rings. The van der Waals surface area contributed by atoms with Crippen molar-refractivity contribution in [3.63, 3.8) is 0 Å². The molecule has 2 aromatic carbocycles. The smallest absolute Gasteiger partial charge is 0.338 e. The fourth-order valence-electron chi connectivity index (χ4n) is 3.86. The van der Waals surface area contributed by atoms with E-state index in [4.69, 9.17) is 4.74 Å². The first-order valence-corrected chi connectivity index (χ1v) is 10.8. The quantitative estimate of drug-likeness (QED) is 0.614. The predicted octanol–water partition coefficient (Wildman–Crippen LogP) is 5.08. The van der Waals surface area contributed by atoms with Crippen LogP contribution in [0.2, 0.25) is 0 Å². The number of amides is 1. The Morgan fingerprint density at radius 3 is 2.38 bits per heavy atom. The van der Waals surface area contributed by atoms with Crippen molar-refractivity contribution < 1.29 is 24.2 Å². The topological polar surface area (TPSA) is 83.9 Å². The number of carbonyl (C=O) groups excluding carboxylic acids is 3. The van der Waals surface area contributed by atoms with E-state index in [-0.39, 0.29) is 35.4 Å². The monoisotopic (exact) mass is 435 g/mol. The maximum absolute atomic E-state index is 13.2. The van der Waals surface area contributed by atoms with Crippen molar-refractivity contribution in [1.29, 1.82) is 0 Å². The maximum atomic E-state index is 13.2. The molecule has 1 amide bonds. The first kappa shape index (κ1) is 23.3. The summed E-state index contributed by atoms with van der Waals surface area (Å²) in [5.41, 5.74) is 2.45. The Morgan fingerprint density at radius 1 is 1.06 bits per heavy atom. The largest absolute Gasteiger partial charge is 0.503 e. The molecule has 0 fully saturated rings. The lowest BCUT2D eigenvalue weighted by molar-refractivity contribution is -0.118. The molecular formula is C26H29NO5. The Balaban J connectivity index is 2.12. The van der Waals surface area contributed by atoms with E-state index in [9.17, 15) is 19.5 Å². The summed E-state index contributed by atoms with van der Waals surface area (Å²) >= 11 is 0. The lowest BCUT2D eigenvalue weighted by atomic mass is 9.91. The van der Waals surface area contributed by atoms with E-state index in [0.29, 0.717) is 11.3 Å². The first-order valence-electron chi connectivity index (χ1n) is 10.8. The summed E-state index contributed by atoms with van der Waals surface area (Å²) in [7, 11) is 0. The highest BCUT2D eigenvalue weighted by atomic mass is 16.5. The fraction of sp³-hybridized carbons (Fsp3) is 0.346. The number of ketones is 1. The molecule has 1 N–H and O–H groups in total. The number of Topliss-reactive ketones (excluding diaryl/α,β-unsaturated/α-hetero) is 1. The Kier molecular flexibility index (Phi) is 6.82. The number of nitrogens with zero attached hydrogens (tertiary/aromatic N) is 1. The van der Waals surface area contributed by atoms with Crippen molar-refractivity contribution in [1.82, 2.24) is 0 Å². The van der Waals surface area contributed by atoms with Crippen LogP contribution in [0.3, 0.4) is 0 Å². The summed E-state index contributed by atoms with van der Waals surface area (Å²) in [5.74, 6) is -1.92. The molecular weight excluding hydrogens is 406 g/mol. The van der Waals surface area contributed by atoms with Gasteiger partial charge in [0.1, 0.15) is 0 Å². The van der Waals surface area contributed by atoms with Gasteiger partial charge in [0.05, 0.1) is 23.3 Å². The van der Waals surface area contributed by atoms with Gasteiger partial charge in [-0.1, -0.05) is 49.7 Å². The molecule has 1 unspecified atom stereocenters. The van der Waals surface area contributed by atoms with E-state index in [2.05, 4.69) is 0 Å². The second-order valence-electron chi connectivity index (χ2n) is 8.78. The number of aryl methyl sites for hydroxylation is 1. The van der Waals surface area contributed by atoms with Gasteiger partial charge in [-0.15, -0.1) is 0 Å². The Labute approximate surface area is 188 Å². The molecule has 0 bridgehead atoms. The molecule has 6 nitrogen and oxygen atoms in total. The third-order valence-corrected chi connectivity index (χ3v) is 5.16. The summed E-state index contributed by atoms with van der Waals surface area (Å²) in [5, 5.41) is 10.7. The lowest BCUT2D eigenvalue weighted by Crippen LogP contribution is -2.31. The van der Waals surface area contributed by atoms with Crippen LogP contribution in [0.5, 0.6) is 0 Å². The summed E-state index contributed by atoms with van der Waals surface area (Å²) < 4.78 is 5.28. The molecule has 1 heterocycles. The van der Waals surface area contributed by atoms with Crippen LogP contribution in [0, 0.1) is 12.8 Å². The normalized spacial score (nSPS) is 16.3. The molecule has 168 valence electrons. The molecule has 32 heavy (non-hydrogen) atoms. The summed E-state index contributed by atoms with van der Waals surface area (Å²) in [6, 6.07) is 13.2. The van der Waals surface area contributed by atoms with Gasteiger partial charge in [0.25, 0.3) is 5.91 Å². The third-order valence-electron chi connectivity index (χ3n) is 5.16. The number of ether oxygens (including phenoxy) is 1. The molecule has 0 radical (unpaired) electrons. The van der Waals surface area contributed by atoms with Crippen LogP contribution in [-0.4, -0.2) is 28.9 Å². The Bertz CT molecular complexity index is 1080. The molecule has 6 heteroatoms. The number of rotatable bonds is 7. The summed E-state index contributed by atoms with van der Waals surface area (Å²) in [6.45, 7) is 9.26. The van der Waals surface area contributed by atoms with E-state index in [1.165, 1.54) is 4.90 Å². The molecule has 0 spiro atoms. The van der Waals surface area contributed by atoms with Crippen LogP contribution in [0.1, 0.15) is 61.6 Å². The van der Waals surface area contributed by atoms with Crippen molar-refractivity contribution in [2.45, 2.75) is 53.2 Å². The van der Waals surface area contributed by atoms with Gasteiger partial charge in [0.2, 0.25) is 0 Å². The van der Waals surface area contributed by atoms with Crippen LogP contribution in [0.25, 0.3) is 0 Å². The van der Waals surface area contributed by atoms with Crippen molar-refractivity contribution in [3.8, 4) is 0 Å². The van der Waals surface area contributed by atoms with E-state index in [0.717, 1.165) is 5.56 Å². The number of aliphatic hydroxyl groups excluding tert-OH is 1. The van der Waals surface area contributed by atoms with Gasteiger partial charge in [-0.2, -0.15) is 0 Å². The minimum Gasteiger partial charge on any atom is -0.503 e. The number of carbonyl (C=O) groups is 3.